The number of rotatable bonds is 3. The van der Waals surface area contributed by atoms with E-state index in [-0.39, 0.29) is 12.0 Å². The summed E-state index contributed by atoms with van der Waals surface area (Å²) in [6.07, 6.45) is 3.36. The fourth-order valence-electron chi connectivity index (χ4n) is 2.29. The number of pyridine rings is 1. The Morgan fingerprint density at radius 3 is 2.90 bits per heavy atom. The Kier molecular flexibility index (Phi) is 3.80. The molecule has 0 spiro atoms. The monoisotopic (exact) mass is 302 g/mol. The first-order chi connectivity index (χ1) is 10.1. The highest BCUT2D eigenvalue weighted by atomic mass is 35.5. The van der Waals surface area contributed by atoms with Crippen molar-refractivity contribution < 1.29 is 9.53 Å². The van der Waals surface area contributed by atoms with E-state index in [0.29, 0.717) is 23.7 Å². The number of aromatic nitrogens is 1. The molecule has 1 saturated heterocycles. The number of halogens is 1. The lowest BCUT2D eigenvalue weighted by Crippen LogP contribution is -2.56. The van der Waals surface area contributed by atoms with Gasteiger partial charge in [0.2, 0.25) is 0 Å². The number of nitrogens with zero attached hydrogens (tertiary/aromatic N) is 2. The summed E-state index contributed by atoms with van der Waals surface area (Å²) in [6, 6.07) is 9.04. The fraction of sp³-hybridized carbons (Fsp3) is 0.250. The predicted molar refractivity (Wildman–Crippen MR) is 80.7 cm³/mol. The van der Waals surface area contributed by atoms with Crippen molar-refractivity contribution in [1.82, 2.24) is 9.88 Å². The molecule has 108 valence electrons. The Hall–Kier alpha value is -2.07. The molecule has 1 aromatic carbocycles. The van der Waals surface area contributed by atoms with Gasteiger partial charge in [-0.15, -0.1) is 0 Å². The molecule has 0 saturated carbocycles. The normalized spacial score (nSPS) is 14.7. The Morgan fingerprint density at radius 2 is 2.19 bits per heavy atom. The first kappa shape index (κ1) is 13.9. The summed E-state index contributed by atoms with van der Waals surface area (Å²) in [7, 11) is 0. The predicted octanol–water partition coefficient (Wildman–Crippen LogP) is 2.95. The molecule has 2 heterocycles. The van der Waals surface area contributed by atoms with Crippen LogP contribution in [0.25, 0.3) is 0 Å². The third kappa shape index (κ3) is 3.00. The van der Waals surface area contributed by atoms with Gasteiger partial charge in [0.1, 0.15) is 11.9 Å². The number of likely N-dealkylation sites (tertiary alicyclic amines) is 1. The molecule has 1 fully saturated rings. The van der Waals surface area contributed by atoms with Crippen molar-refractivity contribution in [3.63, 3.8) is 0 Å². The van der Waals surface area contributed by atoms with E-state index < -0.39 is 0 Å². The highest BCUT2D eigenvalue weighted by molar-refractivity contribution is 6.30. The van der Waals surface area contributed by atoms with Gasteiger partial charge in [0.25, 0.3) is 5.91 Å². The summed E-state index contributed by atoms with van der Waals surface area (Å²) < 4.78 is 5.79. The average molecular weight is 303 g/mol. The van der Waals surface area contributed by atoms with E-state index in [1.54, 1.807) is 35.5 Å². The molecule has 1 aliphatic rings. The van der Waals surface area contributed by atoms with Gasteiger partial charge in [-0.05, 0) is 36.8 Å². The van der Waals surface area contributed by atoms with Crippen LogP contribution < -0.4 is 4.74 Å². The maximum atomic E-state index is 12.3. The average Bonchev–Trinajstić information content (AvgIpc) is 2.42. The lowest BCUT2D eigenvalue weighted by atomic mass is 10.1. The second-order valence-electron chi connectivity index (χ2n) is 5.10. The lowest BCUT2D eigenvalue weighted by Gasteiger charge is -2.39. The van der Waals surface area contributed by atoms with Crippen LogP contribution in [-0.2, 0) is 0 Å². The quantitative estimate of drug-likeness (QED) is 0.875. The van der Waals surface area contributed by atoms with Crippen molar-refractivity contribution in [2.75, 3.05) is 13.1 Å². The zero-order valence-electron chi connectivity index (χ0n) is 11.6. The van der Waals surface area contributed by atoms with E-state index in [1.165, 1.54) is 0 Å². The van der Waals surface area contributed by atoms with Crippen LogP contribution in [0, 0.1) is 6.92 Å². The lowest BCUT2D eigenvalue weighted by molar-refractivity contribution is 0.0177. The number of benzene rings is 1. The van der Waals surface area contributed by atoms with Gasteiger partial charge < -0.3 is 9.64 Å². The second kappa shape index (κ2) is 5.74. The number of amides is 1. The van der Waals surface area contributed by atoms with Gasteiger partial charge >= 0.3 is 0 Å². The first-order valence-electron chi connectivity index (χ1n) is 6.75. The van der Waals surface area contributed by atoms with Crippen LogP contribution in [-0.4, -0.2) is 35.0 Å². The van der Waals surface area contributed by atoms with Gasteiger partial charge in [-0.25, -0.2) is 0 Å². The first-order valence-corrected chi connectivity index (χ1v) is 7.13. The van der Waals surface area contributed by atoms with Crippen LogP contribution in [0.1, 0.15) is 15.9 Å². The maximum Gasteiger partial charge on any atom is 0.254 e. The molecular weight excluding hydrogens is 288 g/mol. The molecule has 0 aliphatic carbocycles. The number of hydrogen-bond donors (Lipinski definition) is 0. The number of carbonyl (C=O) groups is 1. The van der Waals surface area contributed by atoms with E-state index >= 15 is 0 Å². The summed E-state index contributed by atoms with van der Waals surface area (Å²) in [5.74, 6) is 0.764. The summed E-state index contributed by atoms with van der Waals surface area (Å²) >= 11 is 5.92. The molecule has 1 aromatic heterocycles. The molecule has 0 N–H and O–H groups in total. The van der Waals surface area contributed by atoms with Crippen LogP contribution in [0.5, 0.6) is 5.75 Å². The van der Waals surface area contributed by atoms with Gasteiger partial charge in [0.05, 0.1) is 13.1 Å². The molecule has 1 aliphatic heterocycles. The van der Waals surface area contributed by atoms with Crippen molar-refractivity contribution >= 4 is 17.5 Å². The van der Waals surface area contributed by atoms with Crippen LogP contribution in [0.4, 0.5) is 0 Å². The van der Waals surface area contributed by atoms with E-state index in [4.69, 9.17) is 16.3 Å². The number of hydrogen-bond acceptors (Lipinski definition) is 3. The minimum atomic E-state index is 0.0227. The molecule has 5 heteroatoms. The third-order valence-corrected chi connectivity index (χ3v) is 3.72. The summed E-state index contributed by atoms with van der Waals surface area (Å²) in [5, 5.41) is 0.646. The largest absolute Gasteiger partial charge is 0.487 e. The smallest absolute Gasteiger partial charge is 0.254 e. The summed E-state index contributed by atoms with van der Waals surface area (Å²) in [4.78, 5) is 18.1. The summed E-state index contributed by atoms with van der Waals surface area (Å²) in [5.41, 5.74) is 1.59. The number of carbonyl (C=O) groups excluding carboxylic acids is 1. The standard InChI is InChI=1S/C16H15ClN2O2/c1-11-8-18-6-5-15(11)16(20)19-9-14(10-19)21-13-4-2-3-12(17)7-13/h2-8,14H,9-10H2,1H3. The highest BCUT2D eigenvalue weighted by Crippen LogP contribution is 2.23. The van der Waals surface area contributed by atoms with Crippen LogP contribution in [0.15, 0.2) is 42.7 Å². The molecule has 0 unspecified atom stereocenters. The fourth-order valence-corrected chi connectivity index (χ4v) is 2.48. The molecule has 21 heavy (non-hydrogen) atoms. The van der Waals surface area contributed by atoms with E-state index in [0.717, 1.165) is 11.3 Å². The Bertz CT molecular complexity index is 669. The maximum absolute atomic E-state index is 12.3. The van der Waals surface area contributed by atoms with Crippen molar-refractivity contribution in [3.8, 4) is 5.75 Å². The molecule has 0 bridgehead atoms. The Labute approximate surface area is 128 Å². The molecule has 4 nitrogen and oxygen atoms in total. The van der Waals surface area contributed by atoms with Gasteiger partial charge in [0, 0.05) is 23.0 Å². The molecule has 1 amide bonds. The van der Waals surface area contributed by atoms with Gasteiger partial charge in [-0.2, -0.15) is 0 Å². The molecule has 2 aromatic rings. The minimum absolute atomic E-state index is 0.0227. The topological polar surface area (TPSA) is 42.4 Å². The number of ether oxygens (including phenoxy) is 1. The van der Waals surface area contributed by atoms with Crippen LogP contribution in [0.2, 0.25) is 5.02 Å². The van der Waals surface area contributed by atoms with E-state index in [1.807, 2.05) is 19.1 Å². The Morgan fingerprint density at radius 1 is 1.38 bits per heavy atom. The highest BCUT2D eigenvalue weighted by Gasteiger charge is 2.33. The van der Waals surface area contributed by atoms with Crippen molar-refractivity contribution in [3.05, 3.63) is 58.9 Å². The van der Waals surface area contributed by atoms with Gasteiger partial charge in [-0.1, -0.05) is 17.7 Å². The molecular formula is C16H15ClN2O2. The van der Waals surface area contributed by atoms with Crippen molar-refractivity contribution in [2.24, 2.45) is 0 Å². The molecule has 0 atom stereocenters. The summed E-state index contributed by atoms with van der Waals surface area (Å²) in [6.45, 7) is 3.07. The van der Waals surface area contributed by atoms with Crippen LogP contribution >= 0.6 is 11.6 Å². The van der Waals surface area contributed by atoms with Gasteiger partial charge in [-0.3, -0.25) is 9.78 Å². The molecule has 3 rings (SSSR count). The minimum Gasteiger partial charge on any atom is -0.487 e. The molecule has 0 radical (unpaired) electrons. The SMILES string of the molecule is Cc1cnccc1C(=O)N1CC(Oc2cccc(Cl)c2)C1. The second-order valence-corrected chi connectivity index (χ2v) is 5.53. The van der Waals surface area contributed by atoms with Crippen LogP contribution in [0.3, 0.4) is 0 Å². The zero-order chi connectivity index (χ0) is 14.8. The zero-order valence-corrected chi connectivity index (χ0v) is 12.4. The van der Waals surface area contributed by atoms with E-state index in [2.05, 4.69) is 4.98 Å². The third-order valence-electron chi connectivity index (χ3n) is 3.48. The number of aryl methyl sites for hydroxylation is 1. The Balaban J connectivity index is 1.59. The van der Waals surface area contributed by atoms with E-state index in [9.17, 15) is 4.79 Å². The van der Waals surface area contributed by atoms with Gasteiger partial charge in [0.15, 0.2) is 0 Å². The van der Waals surface area contributed by atoms with Crippen molar-refractivity contribution in [2.45, 2.75) is 13.0 Å². The van der Waals surface area contributed by atoms with Crippen molar-refractivity contribution in [1.29, 1.82) is 0 Å².